The van der Waals surface area contributed by atoms with Crippen molar-refractivity contribution < 1.29 is 24.5 Å². The van der Waals surface area contributed by atoms with Crippen molar-refractivity contribution in [1.82, 2.24) is 0 Å². The highest BCUT2D eigenvalue weighted by Crippen LogP contribution is 2.21. The van der Waals surface area contributed by atoms with Gasteiger partial charge in [0.05, 0.1) is 0 Å². The van der Waals surface area contributed by atoms with Gasteiger partial charge >= 0.3 is 11.9 Å². The number of carboxylic acid groups (broad SMARTS) is 2. The van der Waals surface area contributed by atoms with Gasteiger partial charge in [0.15, 0.2) is 6.61 Å². The molecule has 0 aromatic heterocycles. The molecule has 0 aliphatic heterocycles. The van der Waals surface area contributed by atoms with E-state index in [2.05, 4.69) is 0 Å². The Hall–Kier alpha value is -1.75. The van der Waals surface area contributed by atoms with Gasteiger partial charge in [0.2, 0.25) is 0 Å². The van der Waals surface area contributed by atoms with Crippen LogP contribution in [0.25, 0.3) is 0 Å². The van der Waals surface area contributed by atoms with E-state index < -0.39 is 11.9 Å². The van der Waals surface area contributed by atoms with Gasteiger partial charge in [-0.2, -0.15) is 0 Å². The molecule has 0 saturated carbocycles. The lowest BCUT2D eigenvalue weighted by atomic mass is 10.2. The zero-order valence-corrected chi connectivity index (χ0v) is 10.9. The van der Waals surface area contributed by atoms with E-state index in [0.29, 0.717) is 10.8 Å². The fraction of sp³-hybridized carbons (Fsp3) is 0.333. The molecule has 0 fully saturated rings. The second kappa shape index (κ2) is 8.36. The number of hydrogen-bond acceptors (Lipinski definition) is 3. The van der Waals surface area contributed by atoms with E-state index in [9.17, 15) is 9.59 Å². The summed E-state index contributed by atoms with van der Waals surface area (Å²) in [6.45, 7) is 3.08. The quantitative estimate of drug-likeness (QED) is 0.882. The minimum absolute atomic E-state index is 0.222. The van der Waals surface area contributed by atoms with Crippen molar-refractivity contribution in [1.29, 1.82) is 0 Å². The molecule has 0 unspecified atom stereocenters. The standard InChI is InChI=1S/C9H9ClO3.C3H6O2/c1-6-4-7(10)2-3-8(6)13-5-9(11)12;1-2-3(4)5/h2-4H,5H2,1H3,(H,11,12);2H2,1H3,(H,4,5). The van der Waals surface area contributed by atoms with Crippen molar-refractivity contribution in [2.45, 2.75) is 20.3 Å². The molecule has 0 spiro atoms. The molecular formula is C12H15ClO5. The summed E-state index contributed by atoms with van der Waals surface area (Å²) in [4.78, 5) is 19.6. The summed E-state index contributed by atoms with van der Waals surface area (Å²) >= 11 is 5.71. The Labute approximate surface area is 110 Å². The average molecular weight is 275 g/mol. The van der Waals surface area contributed by atoms with E-state index in [1.54, 1.807) is 25.1 Å². The second-order valence-corrected chi connectivity index (χ2v) is 3.78. The fourth-order valence-electron chi connectivity index (χ4n) is 0.914. The zero-order chi connectivity index (χ0) is 14.1. The maximum absolute atomic E-state index is 10.2. The van der Waals surface area contributed by atoms with E-state index in [1.807, 2.05) is 6.92 Å². The summed E-state index contributed by atoms with van der Waals surface area (Å²) in [6.07, 6.45) is 0.222. The molecule has 0 radical (unpaired) electrons. The Morgan fingerprint density at radius 1 is 1.28 bits per heavy atom. The van der Waals surface area contributed by atoms with E-state index in [4.69, 9.17) is 26.6 Å². The molecule has 18 heavy (non-hydrogen) atoms. The van der Waals surface area contributed by atoms with Gasteiger partial charge < -0.3 is 14.9 Å². The molecule has 100 valence electrons. The molecule has 1 rings (SSSR count). The first-order chi connectivity index (χ1) is 8.36. The molecule has 0 atom stereocenters. The Balaban J connectivity index is 0.000000494. The molecule has 1 aromatic rings. The van der Waals surface area contributed by atoms with Crippen LogP contribution in [0.3, 0.4) is 0 Å². The Morgan fingerprint density at radius 2 is 1.83 bits per heavy atom. The van der Waals surface area contributed by atoms with Crippen LogP contribution in [0.2, 0.25) is 5.02 Å². The minimum Gasteiger partial charge on any atom is -0.482 e. The number of ether oxygens (including phenoxy) is 1. The predicted molar refractivity (Wildman–Crippen MR) is 67.2 cm³/mol. The Bertz CT molecular complexity index is 417. The lowest BCUT2D eigenvalue weighted by Crippen LogP contribution is -2.09. The maximum atomic E-state index is 10.2. The van der Waals surface area contributed by atoms with Crippen LogP contribution in [0.1, 0.15) is 18.9 Å². The number of benzene rings is 1. The molecule has 5 nitrogen and oxygen atoms in total. The van der Waals surface area contributed by atoms with Gasteiger partial charge in [-0.15, -0.1) is 0 Å². The van der Waals surface area contributed by atoms with Gasteiger partial charge in [-0.05, 0) is 30.7 Å². The van der Waals surface area contributed by atoms with Crippen molar-refractivity contribution in [3.05, 3.63) is 28.8 Å². The van der Waals surface area contributed by atoms with Crippen molar-refractivity contribution in [3.8, 4) is 5.75 Å². The summed E-state index contributed by atoms with van der Waals surface area (Å²) in [7, 11) is 0. The lowest BCUT2D eigenvalue weighted by molar-refractivity contribution is -0.139. The number of rotatable bonds is 4. The summed E-state index contributed by atoms with van der Waals surface area (Å²) in [6, 6.07) is 5.03. The molecule has 0 aliphatic carbocycles. The van der Waals surface area contributed by atoms with Gasteiger partial charge in [-0.3, -0.25) is 4.79 Å². The highest BCUT2D eigenvalue weighted by Gasteiger charge is 2.02. The molecule has 0 amide bonds. The van der Waals surface area contributed by atoms with Gasteiger partial charge in [-0.1, -0.05) is 18.5 Å². The second-order valence-electron chi connectivity index (χ2n) is 3.34. The fourth-order valence-corrected chi connectivity index (χ4v) is 1.14. The normalized spacial score (nSPS) is 9.06. The third-order valence-corrected chi connectivity index (χ3v) is 2.03. The summed E-state index contributed by atoms with van der Waals surface area (Å²) in [5.41, 5.74) is 0.828. The van der Waals surface area contributed by atoms with Crippen molar-refractivity contribution in [2.75, 3.05) is 6.61 Å². The number of halogens is 1. The maximum Gasteiger partial charge on any atom is 0.341 e. The smallest absolute Gasteiger partial charge is 0.341 e. The number of hydrogen-bond donors (Lipinski definition) is 2. The number of aryl methyl sites for hydroxylation is 1. The van der Waals surface area contributed by atoms with E-state index in [1.165, 1.54) is 0 Å². The molecule has 0 heterocycles. The highest BCUT2D eigenvalue weighted by atomic mass is 35.5. The van der Waals surface area contributed by atoms with E-state index >= 15 is 0 Å². The Kier molecular flexibility index (Phi) is 7.54. The topological polar surface area (TPSA) is 83.8 Å². The molecule has 1 aromatic carbocycles. The van der Waals surface area contributed by atoms with E-state index in [-0.39, 0.29) is 13.0 Å². The predicted octanol–water partition coefficient (Wildman–Crippen LogP) is 2.59. The summed E-state index contributed by atoms with van der Waals surface area (Å²) in [5.74, 6) is -1.19. The van der Waals surface area contributed by atoms with Crippen LogP contribution in [0.15, 0.2) is 18.2 Å². The number of aliphatic carboxylic acids is 2. The largest absolute Gasteiger partial charge is 0.482 e. The van der Waals surface area contributed by atoms with Crippen molar-refractivity contribution >= 4 is 23.5 Å². The molecular weight excluding hydrogens is 260 g/mol. The van der Waals surface area contributed by atoms with Gasteiger partial charge in [0.25, 0.3) is 0 Å². The first-order valence-corrected chi connectivity index (χ1v) is 5.57. The highest BCUT2D eigenvalue weighted by molar-refractivity contribution is 6.30. The lowest BCUT2D eigenvalue weighted by Gasteiger charge is -2.06. The average Bonchev–Trinajstić information content (AvgIpc) is 2.28. The zero-order valence-electron chi connectivity index (χ0n) is 10.1. The van der Waals surface area contributed by atoms with Crippen LogP contribution in [0.4, 0.5) is 0 Å². The Morgan fingerprint density at radius 3 is 2.22 bits per heavy atom. The van der Waals surface area contributed by atoms with E-state index in [0.717, 1.165) is 5.56 Å². The summed E-state index contributed by atoms with van der Waals surface area (Å²) in [5, 5.41) is 16.7. The third-order valence-electron chi connectivity index (χ3n) is 1.79. The van der Waals surface area contributed by atoms with Gasteiger partial charge in [0, 0.05) is 11.4 Å². The monoisotopic (exact) mass is 274 g/mol. The van der Waals surface area contributed by atoms with Gasteiger partial charge in [-0.25, -0.2) is 4.79 Å². The van der Waals surface area contributed by atoms with Crippen LogP contribution in [0, 0.1) is 6.92 Å². The molecule has 0 saturated heterocycles. The summed E-state index contributed by atoms with van der Waals surface area (Å²) < 4.78 is 5.00. The first-order valence-electron chi connectivity index (χ1n) is 5.19. The third kappa shape index (κ3) is 7.51. The molecule has 0 aliphatic rings. The number of carbonyl (C=O) groups is 2. The molecule has 0 bridgehead atoms. The van der Waals surface area contributed by atoms with Crippen molar-refractivity contribution in [3.63, 3.8) is 0 Å². The van der Waals surface area contributed by atoms with Crippen LogP contribution >= 0.6 is 11.6 Å². The van der Waals surface area contributed by atoms with Gasteiger partial charge in [0.1, 0.15) is 5.75 Å². The SMILES string of the molecule is CCC(=O)O.Cc1cc(Cl)ccc1OCC(=O)O. The van der Waals surface area contributed by atoms with Crippen LogP contribution in [-0.4, -0.2) is 28.8 Å². The first kappa shape index (κ1) is 16.2. The number of carboxylic acids is 2. The van der Waals surface area contributed by atoms with Crippen molar-refractivity contribution in [2.24, 2.45) is 0 Å². The van der Waals surface area contributed by atoms with Crippen LogP contribution < -0.4 is 4.74 Å². The molecule has 2 N–H and O–H groups in total. The molecule has 6 heteroatoms. The van der Waals surface area contributed by atoms with Crippen LogP contribution in [-0.2, 0) is 9.59 Å². The minimum atomic E-state index is -0.991. The van der Waals surface area contributed by atoms with Crippen LogP contribution in [0.5, 0.6) is 5.75 Å².